The van der Waals surface area contributed by atoms with E-state index in [0.29, 0.717) is 5.56 Å². The number of hydrogen-bond donors (Lipinski definition) is 1. The van der Waals surface area contributed by atoms with Crippen LogP contribution < -0.4 is 5.73 Å². The molecule has 12 heavy (non-hydrogen) atoms. The van der Waals surface area contributed by atoms with Crippen molar-refractivity contribution in [2.24, 2.45) is 5.73 Å². The third-order valence-corrected chi connectivity index (χ3v) is 1.61. The van der Waals surface area contributed by atoms with Crippen LogP contribution in [0.5, 0.6) is 0 Å². The molecule has 1 atom stereocenters. The van der Waals surface area contributed by atoms with Gasteiger partial charge in [-0.3, -0.25) is 0 Å². The van der Waals surface area contributed by atoms with Crippen LogP contribution in [0.15, 0.2) is 24.3 Å². The normalized spacial score (nSPS) is 12.1. The van der Waals surface area contributed by atoms with Gasteiger partial charge in [-0.2, -0.15) is 5.26 Å². The van der Waals surface area contributed by atoms with E-state index in [1.54, 1.807) is 6.07 Å². The molecule has 1 unspecified atom stereocenters. The summed E-state index contributed by atoms with van der Waals surface area (Å²) in [4.78, 5) is 0. The highest BCUT2D eigenvalue weighted by Gasteiger charge is 1.98. The topological polar surface area (TPSA) is 49.8 Å². The van der Waals surface area contributed by atoms with Crippen LogP contribution in [-0.4, -0.2) is 6.04 Å². The predicted octanol–water partition coefficient (Wildman–Crippen LogP) is 1.45. The molecule has 1 rings (SSSR count). The monoisotopic (exact) mass is 160 g/mol. The van der Waals surface area contributed by atoms with Crippen molar-refractivity contribution in [3.8, 4) is 6.07 Å². The Morgan fingerprint density at radius 2 is 2.33 bits per heavy atom. The summed E-state index contributed by atoms with van der Waals surface area (Å²) in [6.45, 7) is 1.96. The highest BCUT2D eigenvalue weighted by molar-refractivity contribution is 5.32. The average Bonchev–Trinajstić information content (AvgIpc) is 2.03. The minimum Gasteiger partial charge on any atom is -0.328 e. The SMILES string of the molecule is CC(N)Cc1cccc(C#N)c1. The van der Waals surface area contributed by atoms with Crippen LogP contribution in [0, 0.1) is 11.3 Å². The summed E-state index contributed by atoms with van der Waals surface area (Å²) in [7, 11) is 0. The maximum atomic E-state index is 8.61. The van der Waals surface area contributed by atoms with Crippen molar-refractivity contribution >= 4 is 0 Å². The minimum atomic E-state index is 0.152. The van der Waals surface area contributed by atoms with E-state index in [4.69, 9.17) is 11.0 Å². The summed E-state index contributed by atoms with van der Waals surface area (Å²) in [5.41, 5.74) is 7.46. The zero-order valence-corrected chi connectivity index (χ0v) is 7.12. The highest BCUT2D eigenvalue weighted by Crippen LogP contribution is 2.05. The fourth-order valence-electron chi connectivity index (χ4n) is 1.14. The Labute approximate surface area is 72.6 Å². The smallest absolute Gasteiger partial charge is 0.0991 e. The van der Waals surface area contributed by atoms with Gasteiger partial charge in [0.25, 0.3) is 0 Å². The van der Waals surface area contributed by atoms with E-state index in [1.165, 1.54) is 0 Å². The van der Waals surface area contributed by atoms with E-state index in [-0.39, 0.29) is 6.04 Å². The van der Waals surface area contributed by atoms with Crippen LogP contribution in [0.2, 0.25) is 0 Å². The molecule has 1 aromatic rings. The quantitative estimate of drug-likeness (QED) is 0.711. The van der Waals surface area contributed by atoms with Crippen LogP contribution in [0.25, 0.3) is 0 Å². The van der Waals surface area contributed by atoms with E-state index in [9.17, 15) is 0 Å². The fourth-order valence-corrected chi connectivity index (χ4v) is 1.14. The number of hydrogen-bond acceptors (Lipinski definition) is 2. The van der Waals surface area contributed by atoms with E-state index in [1.807, 2.05) is 25.1 Å². The molecule has 0 saturated carbocycles. The predicted molar refractivity (Wildman–Crippen MR) is 48.5 cm³/mol. The summed E-state index contributed by atoms with van der Waals surface area (Å²) < 4.78 is 0. The van der Waals surface area contributed by atoms with Crippen LogP contribution in [0.4, 0.5) is 0 Å². The Kier molecular flexibility index (Phi) is 2.84. The average molecular weight is 160 g/mol. The van der Waals surface area contributed by atoms with Crippen LogP contribution >= 0.6 is 0 Å². The lowest BCUT2D eigenvalue weighted by Gasteiger charge is -2.04. The van der Waals surface area contributed by atoms with Gasteiger partial charge in [-0.1, -0.05) is 12.1 Å². The van der Waals surface area contributed by atoms with Gasteiger partial charge >= 0.3 is 0 Å². The van der Waals surface area contributed by atoms with Crippen molar-refractivity contribution in [2.75, 3.05) is 0 Å². The van der Waals surface area contributed by atoms with Gasteiger partial charge in [0.1, 0.15) is 0 Å². The Morgan fingerprint density at radius 3 is 2.92 bits per heavy atom. The first-order valence-electron chi connectivity index (χ1n) is 3.97. The van der Waals surface area contributed by atoms with Crippen LogP contribution in [0.3, 0.4) is 0 Å². The van der Waals surface area contributed by atoms with Gasteiger partial charge in [0.15, 0.2) is 0 Å². The van der Waals surface area contributed by atoms with Crippen molar-refractivity contribution in [1.82, 2.24) is 0 Å². The second-order valence-electron chi connectivity index (χ2n) is 2.99. The van der Waals surface area contributed by atoms with Gasteiger partial charge in [-0.15, -0.1) is 0 Å². The molecular formula is C10H12N2. The van der Waals surface area contributed by atoms with Crippen LogP contribution in [-0.2, 0) is 6.42 Å². The molecule has 0 fully saturated rings. The third-order valence-electron chi connectivity index (χ3n) is 1.61. The fraction of sp³-hybridized carbons (Fsp3) is 0.300. The van der Waals surface area contributed by atoms with Gasteiger partial charge in [-0.05, 0) is 31.0 Å². The molecule has 0 aliphatic rings. The Morgan fingerprint density at radius 1 is 1.58 bits per heavy atom. The maximum Gasteiger partial charge on any atom is 0.0991 e. The number of nitrogens with two attached hydrogens (primary N) is 1. The van der Waals surface area contributed by atoms with E-state index in [0.717, 1.165) is 12.0 Å². The molecule has 0 heterocycles. The molecule has 0 saturated heterocycles. The van der Waals surface area contributed by atoms with Crippen molar-refractivity contribution in [2.45, 2.75) is 19.4 Å². The molecule has 0 bridgehead atoms. The highest BCUT2D eigenvalue weighted by atomic mass is 14.6. The molecular weight excluding hydrogens is 148 g/mol. The molecule has 0 spiro atoms. The lowest BCUT2D eigenvalue weighted by Crippen LogP contribution is -2.17. The van der Waals surface area contributed by atoms with E-state index >= 15 is 0 Å². The van der Waals surface area contributed by atoms with Gasteiger partial charge in [0.2, 0.25) is 0 Å². The second kappa shape index (κ2) is 3.89. The zero-order chi connectivity index (χ0) is 8.97. The molecule has 0 amide bonds. The van der Waals surface area contributed by atoms with Crippen molar-refractivity contribution < 1.29 is 0 Å². The molecule has 62 valence electrons. The lowest BCUT2D eigenvalue weighted by molar-refractivity contribution is 0.738. The van der Waals surface area contributed by atoms with E-state index < -0.39 is 0 Å². The Balaban J connectivity index is 2.81. The number of rotatable bonds is 2. The van der Waals surface area contributed by atoms with Crippen molar-refractivity contribution in [3.05, 3.63) is 35.4 Å². The van der Waals surface area contributed by atoms with Crippen molar-refractivity contribution in [3.63, 3.8) is 0 Å². The number of nitriles is 1. The third kappa shape index (κ3) is 2.37. The summed E-state index contributed by atoms with van der Waals surface area (Å²) in [6.07, 6.45) is 0.829. The molecule has 0 aromatic heterocycles. The molecule has 2 N–H and O–H groups in total. The number of benzene rings is 1. The molecule has 2 heteroatoms. The standard InChI is InChI=1S/C10H12N2/c1-8(12)5-9-3-2-4-10(6-9)7-11/h2-4,6,8H,5,12H2,1H3. The largest absolute Gasteiger partial charge is 0.328 e. The molecule has 0 aliphatic carbocycles. The zero-order valence-electron chi connectivity index (χ0n) is 7.12. The van der Waals surface area contributed by atoms with Gasteiger partial charge in [0.05, 0.1) is 11.6 Å². The summed E-state index contributed by atoms with van der Waals surface area (Å²) >= 11 is 0. The van der Waals surface area contributed by atoms with Gasteiger partial charge in [-0.25, -0.2) is 0 Å². The first-order valence-corrected chi connectivity index (χ1v) is 3.97. The Hall–Kier alpha value is -1.33. The first kappa shape index (κ1) is 8.76. The van der Waals surface area contributed by atoms with Crippen molar-refractivity contribution in [1.29, 1.82) is 5.26 Å². The molecule has 2 nitrogen and oxygen atoms in total. The first-order chi connectivity index (χ1) is 5.72. The maximum absolute atomic E-state index is 8.61. The summed E-state index contributed by atoms with van der Waals surface area (Å²) in [6, 6.07) is 9.80. The van der Waals surface area contributed by atoms with Gasteiger partial charge in [0, 0.05) is 6.04 Å². The molecule has 1 aromatic carbocycles. The van der Waals surface area contributed by atoms with E-state index in [2.05, 4.69) is 6.07 Å². The van der Waals surface area contributed by atoms with Crippen LogP contribution in [0.1, 0.15) is 18.1 Å². The number of nitrogens with zero attached hydrogens (tertiary/aromatic N) is 1. The lowest BCUT2D eigenvalue weighted by atomic mass is 10.1. The van der Waals surface area contributed by atoms with Gasteiger partial charge < -0.3 is 5.73 Å². The molecule has 0 radical (unpaired) electrons. The second-order valence-corrected chi connectivity index (χ2v) is 2.99. The molecule has 0 aliphatic heterocycles. The minimum absolute atomic E-state index is 0.152. The summed E-state index contributed by atoms with van der Waals surface area (Å²) in [5.74, 6) is 0. The Bertz CT molecular complexity index is 297. The summed E-state index contributed by atoms with van der Waals surface area (Å²) in [5, 5.41) is 8.61.